The molecule has 0 spiro atoms. The van der Waals surface area contributed by atoms with Crippen LogP contribution in [0.5, 0.6) is 0 Å². The van der Waals surface area contributed by atoms with Gasteiger partial charge in [-0.1, -0.05) is 48.5 Å². The maximum absolute atomic E-state index is 12.3. The van der Waals surface area contributed by atoms with Gasteiger partial charge in [0.15, 0.2) is 11.9 Å². The predicted octanol–water partition coefficient (Wildman–Crippen LogP) is 3.44. The van der Waals surface area contributed by atoms with Crippen LogP contribution in [0.4, 0.5) is 0 Å². The van der Waals surface area contributed by atoms with Crippen LogP contribution in [0.2, 0.25) is 0 Å². The van der Waals surface area contributed by atoms with Gasteiger partial charge in [-0.05, 0) is 35.2 Å². The molecule has 1 unspecified atom stereocenters. The minimum Gasteiger partial charge on any atom is -0.479 e. The highest BCUT2D eigenvalue weighted by Crippen LogP contribution is 2.21. The van der Waals surface area contributed by atoms with Gasteiger partial charge in [0.1, 0.15) is 0 Å². The molecule has 3 aromatic rings. The van der Waals surface area contributed by atoms with E-state index >= 15 is 0 Å². The molecule has 0 radical (unpaired) electrons. The second-order valence-corrected chi connectivity index (χ2v) is 6.65. The van der Waals surface area contributed by atoms with Crippen LogP contribution in [-0.2, 0) is 22.4 Å². The lowest BCUT2D eigenvalue weighted by atomic mass is 10.0. The number of aryl methyl sites for hydroxylation is 2. The van der Waals surface area contributed by atoms with E-state index in [1.54, 1.807) is 12.1 Å². The van der Waals surface area contributed by atoms with Crippen LogP contribution in [-0.4, -0.2) is 27.1 Å². The van der Waals surface area contributed by atoms with Gasteiger partial charge in [-0.15, -0.1) is 0 Å². The number of benzene rings is 2. The molecule has 146 valence electrons. The van der Waals surface area contributed by atoms with Gasteiger partial charge in [-0.25, -0.2) is 4.79 Å². The van der Waals surface area contributed by atoms with Gasteiger partial charge >= 0.3 is 5.97 Å². The molecule has 0 saturated carbocycles. The Morgan fingerprint density at radius 3 is 2.68 bits per heavy atom. The van der Waals surface area contributed by atoms with Crippen LogP contribution < -0.4 is 5.32 Å². The maximum atomic E-state index is 12.3. The largest absolute Gasteiger partial charge is 0.479 e. The predicted molar refractivity (Wildman–Crippen MR) is 104 cm³/mol. The first-order chi connectivity index (χ1) is 13.6. The number of rotatable bonds is 9. The molecule has 0 saturated heterocycles. The summed E-state index contributed by atoms with van der Waals surface area (Å²) in [4.78, 5) is 28.2. The van der Waals surface area contributed by atoms with Crippen LogP contribution in [0.3, 0.4) is 0 Å². The van der Waals surface area contributed by atoms with Crippen LogP contribution in [0.25, 0.3) is 10.8 Å². The molecule has 1 amide bonds. The number of aromatic nitrogens is 2. The Labute approximate surface area is 162 Å². The lowest BCUT2D eigenvalue weighted by molar-refractivity contribution is -0.142. The third kappa shape index (κ3) is 4.94. The number of aliphatic carboxylic acids is 1. The van der Waals surface area contributed by atoms with E-state index in [2.05, 4.69) is 15.5 Å². The monoisotopic (exact) mass is 381 g/mol. The van der Waals surface area contributed by atoms with E-state index in [1.165, 1.54) is 0 Å². The van der Waals surface area contributed by atoms with E-state index in [0.717, 1.165) is 23.6 Å². The van der Waals surface area contributed by atoms with E-state index in [0.29, 0.717) is 30.1 Å². The van der Waals surface area contributed by atoms with Gasteiger partial charge in [0.25, 0.3) is 0 Å². The molecule has 0 aliphatic rings. The fraction of sp³-hybridized carbons (Fsp3) is 0.333. The Kier molecular flexibility index (Phi) is 6.37. The topological polar surface area (TPSA) is 105 Å². The molecule has 1 atom stereocenters. The zero-order valence-electron chi connectivity index (χ0n) is 15.7. The van der Waals surface area contributed by atoms with Crippen molar-refractivity contribution >= 4 is 22.6 Å². The molecule has 0 fully saturated rings. The maximum Gasteiger partial charge on any atom is 0.330 e. The van der Waals surface area contributed by atoms with E-state index < -0.39 is 12.0 Å². The normalized spacial score (nSPS) is 12.0. The smallest absolute Gasteiger partial charge is 0.330 e. The number of fused-ring (bicyclic) bond motifs is 1. The summed E-state index contributed by atoms with van der Waals surface area (Å²) in [7, 11) is 0. The highest BCUT2D eigenvalue weighted by Gasteiger charge is 2.22. The average Bonchev–Trinajstić information content (AvgIpc) is 3.13. The van der Waals surface area contributed by atoms with Crippen molar-refractivity contribution in [1.29, 1.82) is 0 Å². The van der Waals surface area contributed by atoms with Gasteiger partial charge in [0.05, 0.1) is 0 Å². The third-order valence-electron chi connectivity index (χ3n) is 4.44. The van der Waals surface area contributed by atoms with Crippen molar-refractivity contribution in [3.63, 3.8) is 0 Å². The Balaban J connectivity index is 1.58. The first-order valence-electron chi connectivity index (χ1n) is 9.39. The van der Waals surface area contributed by atoms with Crippen molar-refractivity contribution in [3.8, 4) is 0 Å². The summed E-state index contributed by atoms with van der Waals surface area (Å²) in [5.41, 5.74) is 0.542. The molecule has 0 aliphatic heterocycles. The van der Waals surface area contributed by atoms with Gasteiger partial charge in [-0.3, -0.25) is 4.79 Å². The summed E-state index contributed by atoms with van der Waals surface area (Å²) < 4.78 is 5.14. The van der Waals surface area contributed by atoms with Crippen molar-refractivity contribution in [1.82, 2.24) is 15.5 Å². The van der Waals surface area contributed by atoms with Crippen LogP contribution in [0, 0.1) is 0 Å². The number of carbonyl (C=O) groups is 2. The number of nitrogens with one attached hydrogen (secondary N) is 1. The molecule has 7 heteroatoms. The quantitative estimate of drug-likeness (QED) is 0.588. The van der Waals surface area contributed by atoms with Crippen LogP contribution in [0.1, 0.15) is 49.5 Å². The standard InChI is InChI=1S/C21H23N3O4/c1-2-6-17-22-19(28-24-17)10-5-9-18(25)23-20(21(26)27)16-12-11-14-7-3-4-8-15(14)13-16/h3-4,7-8,11-13,20H,2,5-6,9-10H2,1H3,(H,23,25)(H,26,27). The molecule has 0 bridgehead atoms. The summed E-state index contributed by atoms with van der Waals surface area (Å²) >= 11 is 0. The summed E-state index contributed by atoms with van der Waals surface area (Å²) in [6.45, 7) is 2.04. The molecule has 1 aromatic heterocycles. The molecule has 1 heterocycles. The lowest BCUT2D eigenvalue weighted by Gasteiger charge is -2.15. The number of amides is 1. The number of carbonyl (C=O) groups excluding carboxylic acids is 1. The summed E-state index contributed by atoms with van der Waals surface area (Å²) in [6.07, 6.45) is 2.87. The van der Waals surface area contributed by atoms with E-state index in [9.17, 15) is 14.7 Å². The van der Waals surface area contributed by atoms with E-state index in [1.807, 2.05) is 37.3 Å². The molecule has 28 heavy (non-hydrogen) atoms. The molecule has 2 N–H and O–H groups in total. The first kappa shape index (κ1) is 19.5. The van der Waals surface area contributed by atoms with Gasteiger partial charge in [0, 0.05) is 19.3 Å². The first-order valence-corrected chi connectivity index (χ1v) is 9.39. The molecule has 7 nitrogen and oxygen atoms in total. The fourth-order valence-corrected chi connectivity index (χ4v) is 3.03. The highest BCUT2D eigenvalue weighted by atomic mass is 16.5. The van der Waals surface area contributed by atoms with Gasteiger partial charge < -0.3 is 14.9 Å². The van der Waals surface area contributed by atoms with Crippen LogP contribution in [0.15, 0.2) is 47.0 Å². The SMILES string of the molecule is CCCc1noc(CCCC(=O)NC(C(=O)O)c2ccc3ccccc3c2)n1. The fourth-order valence-electron chi connectivity index (χ4n) is 3.03. The second kappa shape index (κ2) is 9.12. The van der Waals surface area contributed by atoms with Crippen molar-refractivity contribution in [3.05, 3.63) is 59.7 Å². The second-order valence-electron chi connectivity index (χ2n) is 6.65. The summed E-state index contributed by atoms with van der Waals surface area (Å²) in [5, 5.41) is 18.0. The Hall–Kier alpha value is -3.22. The number of hydrogen-bond donors (Lipinski definition) is 2. The molecule has 2 aromatic carbocycles. The van der Waals surface area contributed by atoms with Crippen molar-refractivity contribution in [2.75, 3.05) is 0 Å². The van der Waals surface area contributed by atoms with Gasteiger partial charge in [0.2, 0.25) is 11.8 Å². The Morgan fingerprint density at radius 1 is 1.14 bits per heavy atom. The number of carboxylic acids is 1. The number of carboxylic acid groups (broad SMARTS) is 1. The zero-order valence-corrected chi connectivity index (χ0v) is 15.7. The molecular weight excluding hydrogens is 358 g/mol. The number of nitrogens with zero attached hydrogens (tertiary/aromatic N) is 2. The Morgan fingerprint density at radius 2 is 1.93 bits per heavy atom. The highest BCUT2D eigenvalue weighted by molar-refractivity contribution is 5.88. The molecular formula is C21H23N3O4. The van der Waals surface area contributed by atoms with Crippen molar-refractivity contribution < 1.29 is 19.2 Å². The average molecular weight is 381 g/mol. The van der Waals surface area contributed by atoms with Gasteiger partial charge in [-0.2, -0.15) is 4.98 Å². The van der Waals surface area contributed by atoms with E-state index in [-0.39, 0.29) is 12.3 Å². The number of hydrogen-bond acceptors (Lipinski definition) is 5. The minimum absolute atomic E-state index is 0.183. The van der Waals surface area contributed by atoms with E-state index in [4.69, 9.17) is 4.52 Å². The third-order valence-corrected chi connectivity index (χ3v) is 4.44. The van der Waals surface area contributed by atoms with Crippen LogP contribution >= 0.6 is 0 Å². The minimum atomic E-state index is -1.09. The zero-order chi connectivity index (χ0) is 19.9. The van der Waals surface area contributed by atoms with Crippen molar-refractivity contribution in [2.24, 2.45) is 0 Å². The molecule has 3 rings (SSSR count). The van der Waals surface area contributed by atoms with Crippen molar-refractivity contribution in [2.45, 2.75) is 45.1 Å². The molecule has 0 aliphatic carbocycles. The summed E-state index contributed by atoms with van der Waals surface area (Å²) in [5.74, 6) is -0.247. The summed E-state index contributed by atoms with van der Waals surface area (Å²) in [6, 6.07) is 12.0. The Bertz CT molecular complexity index is 967. The lowest BCUT2D eigenvalue weighted by Crippen LogP contribution is -2.33.